The Hall–Kier alpha value is -2.51. The van der Waals surface area contributed by atoms with Gasteiger partial charge in [0.15, 0.2) is 0 Å². The SMILES string of the molecule is O=c1ccc2cc(S(=O)(=O)N3CCC(Cc4ccccn4)C3)ccc2o1. The molecule has 0 aliphatic carbocycles. The Morgan fingerprint density at radius 1 is 1.15 bits per heavy atom. The fourth-order valence-corrected chi connectivity index (χ4v) is 4.92. The van der Waals surface area contributed by atoms with E-state index in [1.165, 1.54) is 22.5 Å². The predicted molar refractivity (Wildman–Crippen MR) is 97.3 cm³/mol. The van der Waals surface area contributed by atoms with E-state index in [9.17, 15) is 13.2 Å². The normalized spacial score (nSPS) is 18.4. The molecule has 1 aliphatic heterocycles. The molecule has 26 heavy (non-hydrogen) atoms. The summed E-state index contributed by atoms with van der Waals surface area (Å²) in [7, 11) is -3.57. The van der Waals surface area contributed by atoms with E-state index in [1.54, 1.807) is 18.3 Å². The van der Waals surface area contributed by atoms with Gasteiger partial charge in [-0.05, 0) is 55.2 Å². The minimum absolute atomic E-state index is 0.220. The Balaban J connectivity index is 1.55. The maximum Gasteiger partial charge on any atom is 0.336 e. The standard InChI is InChI=1S/C19H18N2O4S/c22-19-7-4-15-12-17(5-6-18(15)25-19)26(23,24)21-10-8-14(13-21)11-16-3-1-2-9-20-16/h1-7,9,12,14H,8,10-11,13H2. The van der Waals surface area contributed by atoms with Crippen molar-refractivity contribution in [2.75, 3.05) is 13.1 Å². The minimum Gasteiger partial charge on any atom is -0.423 e. The Kier molecular flexibility index (Phi) is 4.34. The van der Waals surface area contributed by atoms with Crippen LogP contribution in [0.15, 0.2) is 68.8 Å². The van der Waals surface area contributed by atoms with Crippen LogP contribution in [0.4, 0.5) is 0 Å². The first kappa shape index (κ1) is 16.9. The van der Waals surface area contributed by atoms with E-state index in [2.05, 4.69) is 4.98 Å². The molecule has 0 bridgehead atoms. The molecule has 1 fully saturated rings. The molecule has 4 rings (SSSR count). The molecular weight excluding hydrogens is 352 g/mol. The van der Waals surface area contributed by atoms with Crippen LogP contribution < -0.4 is 5.63 Å². The van der Waals surface area contributed by atoms with Crippen molar-refractivity contribution in [3.8, 4) is 0 Å². The number of sulfonamides is 1. The summed E-state index contributed by atoms with van der Waals surface area (Å²) in [5, 5.41) is 0.593. The van der Waals surface area contributed by atoms with Gasteiger partial charge in [0, 0.05) is 36.4 Å². The Bertz CT molecular complexity index is 1090. The van der Waals surface area contributed by atoms with E-state index in [1.807, 2.05) is 18.2 Å². The van der Waals surface area contributed by atoms with Crippen LogP contribution in [0, 0.1) is 5.92 Å². The van der Waals surface area contributed by atoms with Gasteiger partial charge in [0.2, 0.25) is 10.0 Å². The van der Waals surface area contributed by atoms with Gasteiger partial charge in [0.25, 0.3) is 0 Å². The molecule has 1 atom stereocenters. The van der Waals surface area contributed by atoms with Crippen molar-refractivity contribution in [2.24, 2.45) is 5.92 Å². The molecule has 0 N–H and O–H groups in total. The molecule has 1 aliphatic rings. The Labute approximate surface area is 151 Å². The molecule has 1 aromatic carbocycles. The first-order valence-corrected chi connectivity index (χ1v) is 9.90. The molecule has 2 aromatic heterocycles. The lowest BCUT2D eigenvalue weighted by atomic mass is 10.0. The lowest BCUT2D eigenvalue weighted by molar-refractivity contribution is 0.455. The number of aromatic nitrogens is 1. The molecule has 0 saturated carbocycles. The summed E-state index contributed by atoms with van der Waals surface area (Å²) in [6.45, 7) is 0.989. The largest absolute Gasteiger partial charge is 0.423 e. The lowest BCUT2D eigenvalue weighted by Gasteiger charge is -2.17. The summed E-state index contributed by atoms with van der Waals surface area (Å²) < 4.78 is 32.5. The van der Waals surface area contributed by atoms with Gasteiger partial charge >= 0.3 is 5.63 Å². The van der Waals surface area contributed by atoms with Crippen LogP contribution in [0.2, 0.25) is 0 Å². The maximum absolute atomic E-state index is 13.0. The third kappa shape index (κ3) is 3.27. The van der Waals surface area contributed by atoms with Gasteiger partial charge in [0.05, 0.1) is 4.90 Å². The van der Waals surface area contributed by atoms with Crippen LogP contribution in [0.3, 0.4) is 0 Å². The highest BCUT2D eigenvalue weighted by atomic mass is 32.2. The zero-order valence-electron chi connectivity index (χ0n) is 14.0. The summed E-state index contributed by atoms with van der Waals surface area (Å²) in [5.74, 6) is 0.262. The topological polar surface area (TPSA) is 80.5 Å². The van der Waals surface area contributed by atoms with Crippen LogP contribution in [0.5, 0.6) is 0 Å². The monoisotopic (exact) mass is 370 g/mol. The van der Waals surface area contributed by atoms with Gasteiger partial charge in [-0.2, -0.15) is 4.31 Å². The molecule has 3 heterocycles. The fourth-order valence-electron chi connectivity index (χ4n) is 3.36. The van der Waals surface area contributed by atoms with Gasteiger partial charge in [-0.3, -0.25) is 4.98 Å². The first-order valence-electron chi connectivity index (χ1n) is 8.46. The Morgan fingerprint density at radius 3 is 2.85 bits per heavy atom. The number of pyridine rings is 1. The quantitative estimate of drug-likeness (QED) is 0.659. The second kappa shape index (κ2) is 6.66. The van der Waals surface area contributed by atoms with Gasteiger partial charge in [-0.1, -0.05) is 6.07 Å². The average molecular weight is 370 g/mol. The second-order valence-corrected chi connectivity index (χ2v) is 8.43. The second-order valence-electron chi connectivity index (χ2n) is 6.50. The average Bonchev–Trinajstić information content (AvgIpc) is 3.11. The van der Waals surface area contributed by atoms with Crippen molar-refractivity contribution in [1.82, 2.24) is 9.29 Å². The van der Waals surface area contributed by atoms with Gasteiger partial charge in [0.1, 0.15) is 5.58 Å². The van der Waals surface area contributed by atoms with E-state index in [4.69, 9.17) is 4.42 Å². The van der Waals surface area contributed by atoms with E-state index in [0.717, 1.165) is 18.5 Å². The fraction of sp³-hybridized carbons (Fsp3) is 0.263. The molecule has 7 heteroatoms. The highest BCUT2D eigenvalue weighted by Crippen LogP contribution is 2.27. The Morgan fingerprint density at radius 2 is 2.04 bits per heavy atom. The maximum atomic E-state index is 13.0. The zero-order valence-corrected chi connectivity index (χ0v) is 14.9. The molecular formula is C19H18N2O4S. The highest BCUT2D eigenvalue weighted by molar-refractivity contribution is 7.89. The van der Waals surface area contributed by atoms with Gasteiger partial charge in [-0.25, -0.2) is 13.2 Å². The third-order valence-electron chi connectivity index (χ3n) is 4.70. The summed E-state index contributed by atoms with van der Waals surface area (Å²) >= 11 is 0. The van der Waals surface area contributed by atoms with Crippen molar-refractivity contribution in [2.45, 2.75) is 17.7 Å². The van der Waals surface area contributed by atoms with Gasteiger partial charge in [-0.15, -0.1) is 0 Å². The van der Waals surface area contributed by atoms with E-state index < -0.39 is 15.6 Å². The smallest absolute Gasteiger partial charge is 0.336 e. The molecule has 1 unspecified atom stereocenters. The highest BCUT2D eigenvalue weighted by Gasteiger charge is 2.32. The summed E-state index contributed by atoms with van der Waals surface area (Å²) in [4.78, 5) is 15.8. The van der Waals surface area contributed by atoms with Crippen molar-refractivity contribution in [1.29, 1.82) is 0 Å². The number of fused-ring (bicyclic) bond motifs is 1. The number of benzene rings is 1. The van der Waals surface area contributed by atoms with Crippen LogP contribution in [-0.4, -0.2) is 30.8 Å². The molecule has 134 valence electrons. The first-order chi connectivity index (χ1) is 12.5. The summed E-state index contributed by atoms with van der Waals surface area (Å²) in [6.07, 6.45) is 3.35. The van der Waals surface area contributed by atoms with Crippen molar-refractivity contribution in [3.05, 3.63) is 70.8 Å². The third-order valence-corrected chi connectivity index (χ3v) is 6.56. The van der Waals surface area contributed by atoms with E-state index in [-0.39, 0.29) is 10.8 Å². The molecule has 1 saturated heterocycles. The minimum atomic E-state index is -3.57. The van der Waals surface area contributed by atoms with E-state index in [0.29, 0.717) is 24.1 Å². The van der Waals surface area contributed by atoms with Gasteiger partial charge < -0.3 is 4.42 Å². The molecule has 0 radical (unpaired) electrons. The van der Waals surface area contributed by atoms with Crippen LogP contribution in [0.25, 0.3) is 11.0 Å². The number of nitrogens with zero attached hydrogens (tertiary/aromatic N) is 2. The zero-order chi connectivity index (χ0) is 18.1. The summed E-state index contributed by atoms with van der Waals surface area (Å²) in [5.41, 5.74) is 0.911. The molecule has 0 amide bonds. The molecule has 6 nitrogen and oxygen atoms in total. The van der Waals surface area contributed by atoms with Crippen molar-refractivity contribution >= 4 is 21.0 Å². The molecule has 3 aromatic rings. The van der Waals surface area contributed by atoms with Crippen LogP contribution in [0.1, 0.15) is 12.1 Å². The number of rotatable bonds is 4. The number of hydrogen-bond donors (Lipinski definition) is 0. The van der Waals surface area contributed by atoms with Crippen molar-refractivity contribution in [3.63, 3.8) is 0 Å². The molecule has 0 spiro atoms. The van der Waals surface area contributed by atoms with E-state index >= 15 is 0 Å². The van der Waals surface area contributed by atoms with Crippen LogP contribution in [-0.2, 0) is 16.4 Å². The lowest BCUT2D eigenvalue weighted by Crippen LogP contribution is -2.29. The summed E-state index contributed by atoms with van der Waals surface area (Å²) in [6, 6.07) is 13.2. The predicted octanol–water partition coefficient (Wildman–Crippen LogP) is 2.44. The number of hydrogen-bond acceptors (Lipinski definition) is 5. The van der Waals surface area contributed by atoms with Crippen molar-refractivity contribution < 1.29 is 12.8 Å². The van der Waals surface area contributed by atoms with Crippen LogP contribution >= 0.6 is 0 Å².